The van der Waals surface area contributed by atoms with Crippen LogP contribution in [-0.4, -0.2) is 0 Å². The van der Waals surface area contributed by atoms with Gasteiger partial charge in [0.05, 0.1) is 0 Å². The highest BCUT2D eigenvalue weighted by Gasteiger charge is 2.36. The van der Waals surface area contributed by atoms with Gasteiger partial charge < -0.3 is 5.73 Å². The first kappa shape index (κ1) is 10.2. The van der Waals surface area contributed by atoms with E-state index < -0.39 is 0 Å². The smallest absolute Gasteiger partial charge is 0.0420 e. The van der Waals surface area contributed by atoms with Crippen molar-refractivity contribution in [3.05, 3.63) is 21.9 Å². The lowest BCUT2D eigenvalue weighted by Crippen LogP contribution is -2.33. The van der Waals surface area contributed by atoms with Crippen LogP contribution in [0.2, 0.25) is 0 Å². The number of nitrogens with two attached hydrogens (primary N) is 1. The van der Waals surface area contributed by atoms with Crippen molar-refractivity contribution in [2.24, 2.45) is 11.7 Å². The molecule has 0 aromatic carbocycles. The topological polar surface area (TPSA) is 26.0 Å². The van der Waals surface area contributed by atoms with Gasteiger partial charge in [-0.2, -0.15) is 0 Å². The lowest BCUT2D eigenvalue weighted by Gasteiger charge is -2.23. The molecule has 1 aromatic heterocycles. The molecule has 0 bridgehead atoms. The van der Waals surface area contributed by atoms with Crippen LogP contribution >= 0.6 is 11.3 Å². The summed E-state index contributed by atoms with van der Waals surface area (Å²) in [7, 11) is 0. The second-order valence-electron chi connectivity index (χ2n) is 4.62. The van der Waals surface area contributed by atoms with E-state index in [0.29, 0.717) is 0 Å². The molecule has 0 aliphatic heterocycles. The number of rotatable bonds is 2. The van der Waals surface area contributed by atoms with Gasteiger partial charge in [0.2, 0.25) is 0 Å². The predicted molar refractivity (Wildman–Crippen MR) is 62.6 cm³/mol. The standard InChI is InChI=1S/C12H19NS/c1-3-10-4-5-12(13,7-10)11-6-9(2)14-8-11/h6,8,10H,3-5,7,13H2,1-2H3. The van der Waals surface area contributed by atoms with Crippen molar-refractivity contribution in [2.75, 3.05) is 0 Å². The molecule has 78 valence electrons. The summed E-state index contributed by atoms with van der Waals surface area (Å²) in [5.41, 5.74) is 7.83. The minimum absolute atomic E-state index is 0.00850. The maximum atomic E-state index is 6.47. The van der Waals surface area contributed by atoms with E-state index in [0.717, 1.165) is 5.92 Å². The molecule has 0 spiro atoms. The Morgan fingerprint density at radius 2 is 2.43 bits per heavy atom. The summed E-state index contributed by atoms with van der Waals surface area (Å²) < 4.78 is 0. The zero-order valence-corrected chi connectivity index (χ0v) is 9.86. The van der Waals surface area contributed by atoms with Crippen molar-refractivity contribution >= 4 is 11.3 Å². The molecule has 2 unspecified atom stereocenters. The van der Waals surface area contributed by atoms with Crippen molar-refractivity contribution in [3.8, 4) is 0 Å². The van der Waals surface area contributed by atoms with Gasteiger partial charge in [-0.25, -0.2) is 0 Å². The minimum Gasteiger partial charge on any atom is -0.321 e. The van der Waals surface area contributed by atoms with Crippen LogP contribution in [0, 0.1) is 12.8 Å². The first-order valence-corrected chi connectivity index (χ1v) is 6.36. The fourth-order valence-electron chi connectivity index (χ4n) is 2.50. The summed E-state index contributed by atoms with van der Waals surface area (Å²) in [5.74, 6) is 0.847. The summed E-state index contributed by atoms with van der Waals surface area (Å²) >= 11 is 1.82. The third-order valence-electron chi connectivity index (χ3n) is 3.53. The highest BCUT2D eigenvalue weighted by atomic mass is 32.1. The van der Waals surface area contributed by atoms with Crippen LogP contribution in [0.1, 0.15) is 43.0 Å². The lowest BCUT2D eigenvalue weighted by atomic mass is 9.90. The molecule has 2 N–H and O–H groups in total. The summed E-state index contributed by atoms with van der Waals surface area (Å²) in [6.45, 7) is 4.43. The zero-order valence-electron chi connectivity index (χ0n) is 9.05. The average molecular weight is 209 g/mol. The van der Waals surface area contributed by atoms with Crippen molar-refractivity contribution in [2.45, 2.75) is 45.1 Å². The highest BCUT2D eigenvalue weighted by Crippen LogP contribution is 2.42. The lowest BCUT2D eigenvalue weighted by molar-refractivity contribution is 0.425. The summed E-state index contributed by atoms with van der Waals surface area (Å²) in [6, 6.07) is 2.27. The molecule has 1 heterocycles. The zero-order chi connectivity index (χ0) is 10.2. The molecule has 0 saturated heterocycles. The minimum atomic E-state index is -0.00850. The summed E-state index contributed by atoms with van der Waals surface area (Å²) in [4.78, 5) is 1.38. The van der Waals surface area contributed by atoms with Crippen LogP contribution in [0.15, 0.2) is 11.4 Å². The van der Waals surface area contributed by atoms with Gasteiger partial charge in [0.15, 0.2) is 0 Å². The highest BCUT2D eigenvalue weighted by molar-refractivity contribution is 7.10. The largest absolute Gasteiger partial charge is 0.321 e. The fourth-order valence-corrected chi connectivity index (χ4v) is 3.31. The normalized spacial score (nSPS) is 32.4. The molecule has 1 aliphatic carbocycles. The molecule has 14 heavy (non-hydrogen) atoms. The molecule has 1 aromatic rings. The molecule has 2 rings (SSSR count). The van der Waals surface area contributed by atoms with Gasteiger partial charge in [-0.1, -0.05) is 13.3 Å². The number of aryl methyl sites for hydroxylation is 1. The Hall–Kier alpha value is -0.340. The average Bonchev–Trinajstić information content (AvgIpc) is 2.73. The Balaban J connectivity index is 2.18. The third kappa shape index (κ3) is 1.73. The van der Waals surface area contributed by atoms with Crippen molar-refractivity contribution in [1.82, 2.24) is 0 Å². The summed E-state index contributed by atoms with van der Waals surface area (Å²) in [5, 5.41) is 2.24. The second-order valence-corrected chi connectivity index (χ2v) is 5.73. The van der Waals surface area contributed by atoms with Gasteiger partial charge in [0, 0.05) is 10.4 Å². The third-order valence-corrected chi connectivity index (χ3v) is 4.40. The molecular weight excluding hydrogens is 190 g/mol. The van der Waals surface area contributed by atoms with E-state index in [1.807, 2.05) is 11.3 Å². The molecule has 2 atom stereocenters. The van der Waals surface area contributed by atoms with Gasteiger partial charge in [-0.15, -0.1) is 11.3 Å². The van der Waals surface area contributed by atoms with Crippen LogP contribution < -0.4 is 5.73 Å². The molecule has 1 fully saturated rings. The van der Waals surface area contributed by atoms with E-state index in [1.165, 1.54) is 36.1 Å². The molecule has 1 saturated carbocycles. The molecule has 1 nitrogen and oxygen atoms in total. The van der Waals surface area contributed by atoms with Crippen LogP contribution in [-0.2, 0) is 5.54 Å². The van der Waals surface area contributed by atoms with Crippen LogP contribution in [0.25, 0.3) is 0 Å². The van der Waals surface area contributed by atoms with Gasteiger partial charge in [0.25, 0.3) is 0 Å². The van der Waals surface area contributed by atoms with E-state index in [-0.39, 0.29) is 5.54 Å². The monoisotopic (exact) mass is 209 g/mol. The Labute approximate surface area is 90.3 Å². The molecule has 2 heteroatoms. The Kier molecular flexibility index (Phi) is 2.67. The van der Waals surface area contributed by atoms with E-state index in [2.05, 4.69) is 25.3 Å². The molecule has 1 aliphatic rings. The second kappa shape index (κ2) is 3.67. The van der Waals surface area contributed by atoms with Crippen molar-refractivity contribution in [1.29, 1.82) is 0 Å². The quantitative estimate of drug-likeness (QED) is 0.793. The van der Waals surface area contributed by atoms with Crippen LogP contribution in [0.5, 0.6) is 0 Å². The Bertz CT molecular complexity index is 318. The Morgan fingerprint density at radius 1 is 1.64 bits per heavy atom. The van der Waals surface area contributed by atoms with Gasteiger partial charge in [-0.05, 0) is 49.1 Å². The molecular formula is C12H19NS. The first-order chi connectivity index (χ1) is 6.64. The number of thiophene rings is 1. The first-order valence-electron chi connectivity index (χ1n) is 5.48. The SMILES string of the molecule is CCC1CCC(N)(c2csc(C)c2)C1. The van der Waals surface area contributed by atoms with E-state index in [1.54, 1.807) is 0 Å². The predicted octanol–water partition coefficient (Wildman–Crippen LogP) is 3.42. The summed E-state index contributed by atoms with van der Waals surface area (Å²) in [6.07, 6.45) is 4.94. The fraction of sp³-hybridized carbons (Fsp3) is 0.667. The number of hydrogen-bond donors (Lipinski definition) is 1. The van der Waals surface area contributed by atoms with E-state index in [9.17, 15) is 0 Å². The van der Waals surface area contributed by atoms with E-state index in [4.69, 9.17) is 5.73 Å². The maximum absolute atomic E-state index is 6.47. The van der Waals surface area contributed by atoms with Crippen molar-refractivity contribution in [3.63, 3.8) is 0 Å². The van der Waals surface area contributed by atoms with Crippen LogP contribution in [0.4, 0.5) is 0 Å². The van der Waals surface area contributed by atoms with Gasteiger partial charge in [0.1, 0.15) is 0 Å². The van der Waals surface area contributed by atoms with Gasteiger partial charge >= 0.3 is 0 Å². The molecule has 0 amide bonds. The van der Waals surface area contributed by atoms with E-state index >= 15 is 0 Å². The Morgan fingerprint density at radius 3 is 2.93 bits per heavy atom. The van der Waals surface area contributed by atoms with Gasteiger partial charge in [-0.3, -0.25) is 0 Å². The van der Waals surface area contributed by atoms with Crippen molar-refractivity contribution < 1.29 is 0 Å². The van der Waals surface area contributed by atoms with Crippen LogP contribution in [0.3, 0.4) is 0 Å². The maximum Gasteiger partial charge on any atom is 0.0420 e. The molecule has 0 radical (unpaired) electrons. The number of hydrogen-bond acceptors (Lipinski definition) is 2.